The second-order valence-corrected chi connectivity index (χ2v) is 9.49. The van der Waals surface area contributed by atoms with E-state index in [-0.39, 0.29) is 6.17 Å². The third-order valence-corrected chi connectivity index (χ3v) is 7.44. The molecule has 0 aromatic heterocycles. The Hall–Kier alpha value is -4.56. The molecule has 0 amide bonds. The highest BCUT2D eigenvalue weighted by atomic mass is 15.3. The van der Waals surface area contributed by atoms with Crippen molar-refractivity contribution >= 4 is 38.6 Å². The summed E-state index contributed by atoms with van der Waals surface area (Å²) in [4.78, 5) is 2.42. The zero-order valence-electron chi connectivity index (χ0n) is 20.1. The fourth-order valence-electron chi connectivity index (χ4n) is 5.78. The molecule has 0 saturated carbocycles. The molecular weight excluding hydrogens is 436 g/mol. The highest BCUT2D eigenvalue weighted by Gasteiger charge is 2.31. The number of para-hydroxylation sites is 2. The van der Waals surface area contributed by atoms with E-state index in [4.69, 9.17) is 0 Å². The molecule has 36 heavy (non-hydrogen) atoms. The van der Waals surface area contributed by atoms with Crippen LogP contribution in [0.1, 0.15) is 17.3 Å². The Kier molecular flexibility index (Phi) is 4.78. The van der Waals surface area contributed by atoms with Gasteiger partial charge in [-0.2, -0.15) is 0 Å². The summed E-state index contributed by atoms with van der Waals surface area (Å²) >= 11 is 0. The smallest absolute Gasteiger partial charge is 0.130 e. The van der Waals surface area contributed by atoms with Gasteiger partial charge in [-0.15, -0.1) is 0 Å². The van der Waals surface area contributed by atoms with E-state index in [0.29, 0.717) is 0 Å². The number of rotatable bonds is 3. The molecule has 2 nitrogen and oxygen atoms in total. The first-order valence-electron chi connectivity index (χ1n) is 12.5. The van der Waals surface area contributed by atoms with Crippen molar-refractivity contribution < 1.29 is 0 Å². The molecule has 0 aliphatic carbocycles. The van der Waals surface area contributed by atoms with Crippen LogP contribution in [0.15, 0.2) is 127 Å². The number of benzene rings is 6. The predicted octanol–water partition coefficient (Wildman–Crippen LogP) is 9.23. The van der Waals surface area contributed by atoms with E-state index in [1.54, 1.807) is 0 Å². The quantitative estimate of drug-likeness (QED) is 0.264. The first kappa shape index (κ1) is 20.8. The van der Waals surface area contributed by atoms with Crippen LogP contribution >= 0.6 is 0 Å². The fourth-order valence-corrected chi connectivity index (χ4v) is 5.78. The first-order chi connectivity index (χ1) is 17.8. The van der Waals surface area contributed by atoms with Crippen LogP contribution in [0.5, 0.6) is 0 Å². The van der Waals surface area contributed by atoms with Crippen molar-refractivity contribution in [2.24, 2.45) is 0 Å². The van der Waals surface area contributed by atoms with Gasteiger partial charge in [0.05, 0.1) is 11.4 Å². The molecule has 0 saturated heterocycles. The topological polar surface area (TPSA) is 15.3 Å². The summed E-state index contributed by atoms with van der Waals surface area (Å²) in [6.07, 6.45) is 0.0327. The van der Waals surface area contributed by atoms with E-state index in [1.165, 1.54) is 55.2 Å². The zero-order chi connectivity index (χ0) is 24.1. The Labute approximate surface area is 211 Å². The molecule has 0 radical (unpaired) electrons. The van der Waals surface area contributed by atoms with Crippen LogP contribution in [-0.2, 0) is 0 Å². The predicted molar refractivity (Wildman–Crippen MR) is 153 cm³/mol. The lowest BCUT2D eigenvalue weighted by molar-refractivity contribution is 0.828. The van der Waals surface area contributed by atoms with E-state index < -0.39 is 0 Å². The zero-order valence-corrected chi connectivity index (χ0v) is 20.1. The number of anilines is 3. The average molecular weight is 463 g/mol. The summed E-state index contributed by atoms with van der Waals surface area (Å²) in [6.45, 7) is 2.24. The molecule has 172 valence electrons. The largest absolute Gasteiger partial charge is 0.359 e. The molecule has 7 rings (SSSR count). The minimum absolute atomic E-state index is 0.0327. The molecule has 2 heteroatoms. The van der Waals surface area contributed by atoms with Crippen molar-refractivity contribution in [2.45, 2.75) is 13.1 Å². The minimum Gasteiger partial charge on any atom is -0.359 e. The maximum Gasteiger partial charge on any atom is 0.130 e. The van der Waals surface area contributed by atoms with Gasteiger partial charge in [-0.05, 0) is 75.0 Å². The van der Waals surface area contributed by atoms with Gasteiger partial charge in [0.15, 0.2) is 0 Å². The first-order valence-corrected chi connectivity index (χ1v) is 12.5. The van der Waals surface area contributed by atoms with Gasteiger partial charge >= 0.3 is 0 Å². The van der Waals surface area contributed by atoms with E-state index >= 15 is 0 Å². The summed E-state index contributed by atoms with van der Waals surface area (Å²) in [5, 5.41) is 8.97. The maximum absolute atomic E-state index is 3.75. The van der Waals surface area contributed by atoms with Crippen molar-refractivity contribution in [3.05, 3.63) is 139 Å². The molecule has 6 aromatic rings. The van der Waals surface area contributed by atoms with Gasteiger partial charge in [0, 0.05) is 5.69 Å². The molecule has 0 fully saturated rings. The molecule has 1 unspecified atom stereocenters. The number of aryl methyl sites for hydroxylation is 1. The Morgan fingerprint density at radius 1 is 0.583 bits per heavy atom. The van der Waals surface area contributed by atoms with Crippen LogP contribution < -0.4 is 10.2 Å². The minimum atomic E-state index is 0.0327. The highest BCUT2D eigenvalue weighted by molar-refractivity contribution is 6.15. The molecular formula is C34H26N2. The summed E-state index contributed by atoms with van der Waals surface area (Å²) in [7, 11) is 0. The van der Waals surface area contributed by atoms with Crippen LogP contribution in [0.4, 0.5) is 17.1 Å². The van der Waals surface area contributed by atoms with Crippen LogP contribution in [0.25, 0.3) is 32.7 Å². The van der Waals surface area contributed by atoms with Crippen LogP contribution in [0.2, 0.25) is 0 Å². The third-order valence-electron chi connectivity index (χ3n) is 7.44. The molecule has 1 aliphatic rings. The summed E-state index contributed by atoms with van der Waals surface area (Å²) in [5.74, 6) is 0. The lowest BCUT2D eigenvalue weighted by atomic mass is 9.89. The normalized spacial score (nSPS) is 14.7. The molecule has 6 aromatic carbocycles. The van der Waals surface area contributed by atoms with E-state index in [9.17, 15) is 0 Å². The second kappa shape index (κ2) is 8.28. The van der Waals surface area contributed by atoms with Crippen molar-refractivity contribution in [3.63, 3.8) is 0 Å². The van der Waals surface area contributed by atoms with Crippen LogP contribution in [0, 0.1) is 6.92 Å². The van der Waals surface area contributed by atoms with Gasteiger partial charge in [-0.25, -0.2) is 0 Å². The number of fused-ring (bicyclic) bond motifs is 3. The SMILES string of the molecule is Cc1c2ccccc2c(-c2cccc(N3c4ccccc4NC3c3ccccc3)c2)c2ccccc12. The summed E-state index contributed by atoms with van der Waals surface area (Å²) in [6, 6.07) is 45.9. The van der Waals surface area contributed by atoms with Crippen molar-refractivity contribution in [1.82, 2.24) is 0 Å². The van der Waals surface area contributed by atoms with Crippen molar-refractivity contribution in [1.29, 1.82) is 0 Å². The van der Waals surface area contributed by atoms with Crippen molar-refractivity contribution in [3.8, 4) is 11.1 Å². The Balaban J connectivity index is 1.46. The summed E-state index contributed by atoms with van der Waals surface area (Å²) < 4.78 is 0. The molecule has 1 aliphatic heterocycles. The average Bonchev–Trinajstić information content (AvgIpc) is 3.34. The molecule has 1 heterocycles. The second-order valence-electron chi connectivity index (χ2n) is 9.49. The van der Waals surface area contributed by atoms with E-state index in [0.717, 1.165) is 5.69 Å². The summed E-state index contributed by atoms with van der Waals surface area (Å²) in [5.41, 5.74) is 8.63. The van der Waals surface area contributed by atoms with E-state index in [2.05, 4.69) is 145 Å². The van der Waals surface area contributed by atoms with Crippen LogP contribution in [-0.4, -0.2) is 0 Å². The van der Waals surface area contributed by atoms with Crippen LogP contribution in [0.3, 0.4) is 0 Å². The van der Waals surface area contributed by atoms with Gasteiger partial charge in [0.2, 0.25) is 0 Å². The lowest BCUT2D eigenvalue weighted by Gasteiger charge is -2.28. The number of hydrogen-bond donors (Lipinski definition) is 1. The van der Waals surface area contributed by atoms with Gasteiger partial charge in [-0.3, -0.25) is 0 Å². The molecule has 1 N–H and O–H groups in total. The van der Waals surface area contributed by atoms with Gasteiger partial charge < -0.3 is 10.2 Å². The Morgan fingerprint density at radius 2 is 1.19 bits per heavy atom. The number of hydrogen-bond acceptors (Lipinski definition) is 2. The lowest BCUT2D eigenvalue weighted by Crippen LogP contribution is -2.23. The monoisotopic (exact) mass is 462 g/mol. The van der Waals surface area contributed by atoms with Gasteiger partial charge in [0.25, 0.3) is 0 Å². The van der Waals surface area contributed by atoms with Crippen molar-refractivity contribution in [2.75, 3.05) is 10.2 Å². The third kappa shape index (κ3) is 3.19. The number of nitrogens with zero attached hydrogens (tertiary/aromatic N) is 1. The number of nitrogens with one attached hydrogen (secondary N) is 1. The molecule has 0 spiro atoms. The van der Waals surface area contributed by atoms with Gasteiger partial charge in [0.1, 0.15) is 6.17 Å². The maximum atomic E-state index is 3.75. The molecule has 0 bridgehead atoms. The standard InChI is InChI=1S/C34H26N2/c1-23-27-16-5-7-18-29(27)33(30-19-8-6-17-28(23)30)25-14-11-15-26(22-25)36-32-21-10-9-20-31(32)35-34(36)24-12-3-2-4-13-24/h2-22,34-35H,1H3. The Morgan fingerprint density at radius 3 is 1.92 bits per heavy atom. The Bertz CT molecular complexity index is 1680. The van der Waals surface area contributed by atoms with Gasteiger partial charge in [-0.1, -0.05) is 103 Å². The fraction of sp³-hybridized carbons (Fsp3) is 0.0588. The van der Waals surface area contributed by atoms with E-state index in [1.807, 2.05) is 0 Å². The molecule has 1 atom stereocenters. The highest BCUT2D eigenvalue weighted by Crippen LogP contribution is 2.47.